The van der Waals surface area contributed by atoms with Gasteiger partial charge in [-0.1, -0.05) is 25.5 Å². The van der Waals surface area contributed by atoms with Crippen LogP contribution in [0.5, 0.6) is 0 Å². The third-order valence-electron chi connectivity index (χ3n) is 5.07. The first-order valence-corrected chi connectivity index (χ1v) is 11.1. The lowest BCUT2D eigenvalue weighted by Crippen LogP contribution is -2.39. The van der Waals surface area contributed by atoms with Gasteiger partial charge in [0.25, 0.3) is 0 Å². The Bertz CT molecular complexity index is 724. The van der Waals surface area contributed by atoms with Crippen LogP contribution in [0.1, 0.15) is 45.1 Å². The van der Waals surface area contributed by atoms with Crippen molar-refractivity contribution in [3.05, 3.63) is 29.8 Å². The molecule has 0 bridgehead atoms. The predicted molar refractivity (Wildman–Crippen MR) is 105 cm³/mol. The van der Waals surface area contributed by atoms with E-state index in [9.17, 15) is 8.42 Å². The average molecular weight is 379 g/mol. The fourth-order valence-corrected chi connectivity index (χ4v) is 4.73. The zero-order valence-electron chi connectivity index (χ0n) is 15.7. The van der Waals surface area contributed by atoms with Crippen molar-refractivity contribution in [2.75, 3.05) is 19.6 Å². The molecule has 6 nitrogen and oxygen atoms in total. The van der Waals surface area contributed by atoms with E-state index in [0.717, 1.165) is 37.3 Å². The van der Waals surface area contributed by atoms with Gasteiger partial charge in [0.1, 0.15) is 0 Å². The van der Waals surface area contributed by atoms with E-state index in [0.29, 0.717) is 36.5 Å². The van der Waals surface area contributed by atoms with Crippen LogP contribution in [0, 0.1) is 5.92 Å². The Morgan fingerprint density at radius 1 is 1.19 bits per heavy atom. The average Bonchev–Trinajstić information content (AvgIpc) is 3.35. The number of guanidine groups is 1. The van der Waals surface area contributed by atoms with Crippen LogP contribution in [-0.4, -0.2) is 44.4 Å². The second kappa shape index (κ2) is 8.39. The van der Waals surface area contributed by atoms with Crippen LogP contribution in [0.25, 0.3) is 0 Å². The molecule has 2 aliphatic rings. The maximum Gasteiger partial charge on any atom is 0.243 e. The molecule has 1 saturated heterocycles. The molecule has 1 aromatic carbocycles. The SMILES string of the molecule is CCNC(=NCc1ccc(S(=O)(=O)N2CCCCC2)cc1)NC1CC1C. The summed E-state index contributed by atoms with van der Waals surface area (Å²) in [6.45, 7) is 6.88. The van der Waals surface area contributed by atoms with E-state index in [1.54, 1.807) is 16.4 Å². The first kappa shape index (κ1) is 19.2. The smallest absolute Gasteiger partial charge is 0.243 e. The Morgan fingerprint density at radius 2 is 1.85 bits per heavy atom. The van der Waals surface area contributed by atoms with Crippen molar-refractivity contribution in [3.63, 3.8) is 0 Å². The predicted octanol–water partition coefficient (Wildman–Crippen LogP) is 2.32. The van der Waals surface area contributed by atoms with E-state index in [-0.39, 0.29) is 0 Å². The number of sulfonamides is 1. The van der Waals surface area contributed by atoms with E-state index < -0.39 is 10.0 Å². The lowest BCUT2D eigenvalue weighted by atomic mass is 10.2. The molecule has 0 aromatic heterocycles. The molecule has 26 heavy (non-hydrogen) atoms. The first-order chi connectivity index (χ1) is 12.5. The van der Waals surface area contributed by atoms with Crippen LogP contribution in [0.3, 0.4) is 0 Å². The number of hydrogen-bond donors (Lipinski definition) is 2. The zero-order valence-corrected chi connectivity index (χ0v) is 16.6. The van der Waals surface area contributed by atoms with Gasteiger partial charge in [0.05, 0.1) is 11.4 Å². The molecule has 0 spiro atoms. The van der Waals surface area contributed by atoms with E-state index >= 15 is 0 Å². The molecule has 2 N–H and O–H groups in total. The topological polar surface area (TPSA) is 73.8 Å². The van der Waals surface area contributed by atoms with Crippen LogP contribution < -0.4 is 10.6 Å². The fraction of sp³-hybridized carbons (Fsp3) is 0.632. The van der Waals surface area contributed by atoms with Gasteiger partial charge in [0.15, 0.2) is 5.96 Å². The molecular formula is C19H30N4O2S. The van der Waals surface area contributed by atoms with Crippen LogP contribution in [0.2, 0.25) is 0 Å². The lowest BCUT2D eigenvalue weighted by Gasteiger charge is -2.25. The molecule has 2 unspecified atom stereocenters. The number of nitrogens with one attached hydrogen (secondary N) is 2. The van der Waals surface area contributed by atoms with Crippen molar-refractivity contribution in [1.29, 1.82) is 0 Å². The van der Waals surface area contributed by atoms with Gasteiger partial charge in [-0.25, -0.2) is 13.4 Å². The Hall–Kier alpha value is -1.60. The molecule has 2 fully saturated rings. The van der Waals surface area contributed by atoms with Crippen molar-refractivity contribution in [2.24, 2.45) is 10.9 Å². The number of benzene rings is 1. The van der Waals surface area contributed by atoms with E-state index in [1.165, 1.54) is 6.42 Å². The summed E-state index contributed by atoms with van der Waals surface area (Å²) in [6, 6.07) is 7.66. The van der Waals surface area contributed by atoms with Gasteiger partial charge in [0, 0.05) is 25.7 Å². The number of piperidine rings is 1. The summed E-state index contributed by atoms with van der Waals surface area (Å²) in [4.78, 5) is 4.99. The third kappa shape index (κ3) is 4.76. The van der Waals surface area contributed by atoms with Gasteiger partial charge < -0.3 is 10.6 Å². The molecule has 2 atom stereocenters. The maximum absolute atomic E-state index is 12.7. The maximum atomic E-state index is 12.7. The summed E-state index contributed by atoms with van der Waals surface area (Å²) in [5.41, 5.74) is 1.00. The highest BCUT2D eigenvalue weighted by atomic mass is 32.2. The lowest BCUT2D eigenvalue weighted by molar-refractivity contribution is 0.346. The van der Waals surface area contributed by atoms with Crippen LogP contribution >= 0.6 is 0 Å². The molecule has 1 aromatic rings. The molecule has 7 heteroatoms. The highest BCUT2D eigenvalue weighted by molar-refractivity contribution is 7.89. The summed E-state index contributed by atoms with van der Waals surface area (Å²) in [5.74, 6) is 1.53. The zero-order chi connectivity index (χ0) is 18.6. The summed E-state index contributed by atoms with van der Waals surface area (Å²) >= 11 is 0. The van der Waals surface area contributed by atoms with Gasteiger partial charge in [-0.15, -0.1) is 0 Å². The Labute approximate surface area is 157 Å². The molecule has 0 radical (unpaired) electrons. The first-order valence-electron chi connectivity index (χ1n) is 9.64. The summed E-state index contributed by atoms with van der Waals surface area (Å²) in [6.07, 6.45) is 4.20. The Balaban J connectivity index is 1.63. The highest BCUT2D eigenvalue weighted by Crippen LogP contribution is 2.28. The van der Waals surface area contributed by atoms with E-state index in [2.05, 4.69) is 22.5 Å². The fourth-order valence-electron chi connectivity index (χ4n) is 3.21. The minimum Gasteiger partial charge on any atom is -0.357 e. The van der Waals surface area contributed by atoms with Gasteiger partial charge in [-0.05, 0) is 49.8 Å². The summed E-state index contributed by atoms with van der Waals surface area (Å²) < 4.78 is 27.0. The van der Waals surface area contributed by atoms with Crippen molar-refractivity contribution in [1.82, 2.24) is 14.9 Å². The van der Waals surface area contributed by atoms with Crippen molar-refractivity contribution >= 4 is 16.0 Å². The number of rotatable bonds is 6. The normalized spacial score (nSPS) is 24.3. The highest BCUT2D eigenvalue weighted by Gasteiger charge is 2.33. The second-order valence-corrected chi connectivity index (χ2v) is 9.21. The summed E-state index contributed by atoms with van der Waals surface area (Å²) in [7, 11) is -3.36. The molecule has 1 heterocycles. The van der Waals surface area contributed by atoms with Crippen LogP contribution in [0.15, 0.2) is 34.2 Å². The molecular weight excluding hydrogens is 348 g/mol. The summed E-state index contributed by atoms with van der Waals surface area (Å²) in [5, 5.41) is 6.69. The van der Waals surface area contributed by atoms with E-state index in [4.69, 9.17) is 0 Å². The molecule has 3 rings (SSSR count). The van der Waals surface area contributed by atoms with Crippen LogP contribution in [-0.2, 0) is 16.6 Å². The third-order valence-corrected chi connectivity index (χ3v) is 6.98. The molecule has 1 aliphatic heterocycles. The van der Waals surface area contributed by atoms with Crippen molar-refractivity contribution in [2.45, 2.75) is 57.0 Å². The van der Waals surface area contributed by atoms with Crippen molar-refractivity contribution < 1.29 is 8.42 Å². The van der Waals surface area contributed by atoms with Gasteiger partial charge in [-0.2, -0.15) is 4.31 Å². The number of aliphatic imine (C=N–C) groups is 1. The number of hydrogen-bond acceptors (Lipinski definition) is 3. The standard InChI is InChI=1S/C19H30N4O2S/c1-3-20-19(22-18-13-15(18)2)21-14-16-7-9-17(10-8-16)26(24,25)23-11-5-4-6-12-23/h7-10,15,18H,3-6,11-14H2,1-2H3,(H2,20,21,22). The van der Waals surface area contributed by atoms with E-state index in [1.807, 2.05) is 19.1 Å². The van der Waals surface area contributed by atoms with Crippen molar-refractivity contribution in [3.8, 4) is 0 Å². The Morgan fingerprint density at radius 3 is 2.42 bits per heavy atom. The molecule has 1 saturated carbocycles. The molecule has 144 valence electrons. The Kier molecular flexibility index (Phi) is 6.19. The minimum atomic E-state index is -3.36. The molecule has 1 aliphatic carbocycles. The number of nitrogens with zero attached hydrogens (tertiary/aromatic N) is 2. The largest absolute Gasteiger partial charge is 0.357 e. The molecule has 0 amide bonds. The second-order valence-electron chi connectivity index (χ2n) is 7.27. The van der Waals surface area contributed by atoms with Crippen LogP contribution in [0.4, 0.5) is 0 Å². The monoisotopic (exact) mass is 378 g/mol. The van der Waals surface area contributed by atoms with Gasteiger partial charge in [-0.3, -0.25) is 0 Å². The van der Waals surface area contributed by atoms with Gasteiger partial charge in [0.2, 0.25) is 10.0 Å². The quantitative estimate of drug-likeness (QED) is 0.589. The van der Waals surface area contributed by atoms with Gasteiger partial charge >= 0.3 is 0 Å². The minimum absolute atomic E-state index is 0.379.